The number of ether oxygens (including phenoxy) is 2. The van der Waals surface area contributed by atoms with Crippen LogP contribution in [0.2, 0.25) is 0 Å². The van der Waals surface area contributed by atoms with Crippen molar-refractivity contribution in [3.63, 3.8) is 0 Å². The second-order valence-electron chi connectivity index (χ2n) is 5.52. The Morgan fingerprint density at radius 3 is 2.88 bits per heavy atom. The van der Waals surface area contributed by atoms with Crippen LogP contribution in [0.15, 0.2) is 52.5 Å². The first-order valence-corrected chi connectivity index (χ1v) is 8.69. The lowest BCUT2D eigenvalue weighted by Gasteiger charge is -2.10. The van der Waals surface area contributed by atoms with Crippen LogP contribution in [-0.4, -0.2) is 13.0 Å². The largest absolute Gasteiger partial charge is 0.493 e. The Kier molecular flexibility index (Phi) is 5.40. The van der Waals surface area contributed by atoms with Crippen LogP contribution in [0.5, 0.6) is 11.5 Å². The first-order chi connectivity index (χ1) is 12.2. The molecule has 0 spiro atoms. The Hall–Kier alpha value is -2.73. The molecule has 1 aromatic carbocycles. The van der Waals surface area contributed by atoms with E-state index in [0.29, 0.717) is 29.5 Å². The van der Waals surface area contributed by atoms with Gasteiger partial charge in [-0.3, -0.25) is 4.79 Å². The number of rotatable bonds is 7. The smallest absolute Gasteiger partial charge is 0.261 e. The average molecular weight is 357 g/mol. The molecule has 3 rings (SSSR count). The number of thiophene rings is 1. The van der Waals surface area contributed by atoms with Crippen LogP contribution in [-0.2, 0) is 13.2 Å². The van der Waals surface area contributed by atoms with Crippen molar-refractivity contribution in [2.75, 3.05) is 7.11 Å². The first-order valence-electron chi connectivity index (χ1n) is 7.81. The number of hydrogen-bond donors (Lipinski definition) is 1. The standard InChI is InChI=1S/C19H19NO4S/c1-13-5-6-16(17(8-13)22-2)24-11-14-9-18(25-12-14)19(21)20-10-15-4-3-7-23-15/h3-9,12H,10-11H2,1-2H3,(H,20,21). The normalized spacial score (nSPS) is 10.5. The summed E-state index contributed by atoms with van der Waals surface area (Å²) in [6.45, 7) is 2.75. The molecule has 0 atom stereocenters. The van der Waals surface area contributed by atoms with E-state index in [2.05, 4.69) is 5.32 Å². The minimum atomic E-state index is -0.124. The average Bonchev–Trinajstić information content (AvgIpc) is 3.30. The molecule has 5 nitrogen and oxygen atoms in total. The highest BCUT2D eigenvalue weighted by Gasteiger charge is 2.11. The lowest BCUT2D eigenvalue weighted by Crippen LogP contribution is -2.21. The molecule has 2 heterocycles. The van der Waals surface area contributed by atoms with E-state index in [1.165, 1.54) is 11.3 Å². The van der Waals surface area contributed by atoms with Crippen molar-refractivity contribution in [1.29, 1.82) is 0 Å². The molecule has 0 saturated heterocycles. The third-order valence-electron chi connectivity index (χ3n) is 3.59. The van der Waals surface area contributed by atoms with Crippen molar-refractivity contribution in [2.45, 2.75) is 20.1 Å². The molecular weight excluding hydrogens is 338 g/mol. The van der Waals surface area contributed by atoms with Gasteiger partial charge in [0.05, 0.1) is 24.8 Å². The van der Waals surface area contributed by atoms with Gasteiger partial charge >= 0.3 is 0 Å². The maximum absolute atomic E-state index is 12.2. The number of furan rings is 1. The summed E-state index contributed by atoms with van der Waals surface area (Å²) in [4.78, 5) is 12.8. The van der Waals surface area contributed by atoms with Crippen molar-refractivity contribution < 1.29 is 18.7 Å². The van der Waals surface area contributed by atoms with E-state index < -0.39 is 0 Å². The van der Waals surface area contributed by atoms with Crippen molar-refractivity contribution in [2.24, 2.45) is 0 Å². The number of nitrogens with one attached hydrogen (secondary N) is 1. The molecule has 1 N–H and O–H groups in total. The Labute approximate surface area is 150 Å². The number of methoxy groups -OCH3 is 1. The monoisotopic (exact) mass is 357 g/mol. The van der Waals surface area contributed by atoms with Crippen LogP contribution in [0.4, 0.5) is 0 Å². The second kappa shape index (κ2) is 7.90. The van der Waals surface area contributed by atoms with Crippen molar-refractivity contribution >= 4 is 17.2 Å². The third kappa shape index (κ3) is 4.42. The first kappa shape index (κ1) is 17.1. The number of aryl methyl sites for hydroxylation is 1. The lowest BCUT2D eigenvalue weighted by atomic mass is 10.2. The molecule has 130 valence electrons. The van der Waals surface area contributed by atoms with Gasteiger partial charge in [0, 0.05) is 5.56 Å². The predicted molar refractivity (Wildman–Crippen MR) is 96.3 cm³/mol. The van der Waals surface area contributed by atoms with E-state index in [1.807, 2.05) is 42.6 Å². The van der Waals surface area contributed by atoms with Gasteiger partial charge in [-0.25, -0.2) is 0 Å². The third-order valence-corrected chi connectivity index (χ3v) is 4.57. The summed E-state index contributed by atoms with van der Waals surface area (Å²) in [5.41, 5.74) is 2.05. The summed E-state index contributed by atoms with van der Waals surface area (Å²) in [7, 11) is 1.62. The molecule has 6 heteroatoms. The van der Waals surface area contributed by atoms with E-state index in [9.17, 15) is 4.79 Å². The van der Waals surface area contributed by atoms with Gasteiger partial charge in [0.15, 0.2) is 11.5 Å². The highest BCUT2D eigenvalue weighted by molar-refractivity contribution is 7.12. The molecule has 0 unspecified atom stereocenters. The molecule has 2 aromatic heterocycles. The van der Waals surface area contributed by atoms with Crippen LogP contribution < -0.4 is 14.8 Å². The van der Waals surface area contributed by atoms with Crippen molar-refractivity contribution in [3.05, 3.63) is 69.8 Å². The minimum Gasteiger partial charge on any atom is -0.493 e. The number of amides is 1. The SMILES string of the molecule is COc1cc(C)ccc1OCc1csc(C(=O)NCc2ccco2)c1. The van der Waals surface area contributed by atoms with Crippen LogP contribution in [0.3, 0.4) is 0 Å². The fraction of sp³-hybridized carbons (Fsp3) is 0.211. The quantitative estimate of drug-likeness (QED) is 0.689. The molecule has 0 saturated carbocycles. The molecule has 0 aliphatic carbocycles. The summed E-state index contributed by atoms with van der Waals surface area (Å²) in [6.07, 6.45) is 1.58. The highest BCUT2D eigenvalue weighted by Crippen LogP contribution is 2.29. The summed E-state index contributed by atoms with van der Waals surface area (Å²) >= 11 is 1.39. The molecule has 25 heavy (non-hydrogen) atoms. The summed E-state index contributed by atoms with van der Waals surface area (Å²) < 4.78 is 16.3. The number of benzene rings is 1. The van der Waals surface area contributed by atoms with E-state index in [4.69, 9.17) is 13.9 Å². The van der Waals surface area contributed by atoms with Crippen LogP contribution >= 0.6 is 11.3 Å². The number of hydrogen-bond acceptors (Lipinski definition) is 5. The summed E-state index contributed by atoms with van der Waals surface area (Å²) in [5.74, 6) is 1.98. The van der Waals surface area contributed by atoms with Gasteiger partial charge in [0.2, 0.25) is 0 Å². The maximum atomic E-state index is 12.2. The fourth-order valence-electron chi connectivity index (χ4n) is 2.29. The Bertz CT molecular complexity index is 839. The van der Waals surface area contributed by atoms with Gasteiger partial charge in [0.1, 0.15) is 12.4 Å². The highest BCUT2D eigenvalue weighted by atomic mass is 32.1. The van der Waals surface area contributed by atoms with Crippen LogP contribution in [0.25, 0.3) is 0 Å². The van der Waals surface area contributed by atoms with Gasteiger partial charge in [-0.05, 0) is 48.2 Å². The number of carbonyl (C=O) groups excluding carboxylic acids is 1. The zero-order chi connectivity index (χ0) is 17.6. The topological polar surface area (TPSA) is 60.7 Å². The van der Waals surface area contributed by atoms with E-state index >= 15 is 0 Å². The van der Waals surface area contributed by atoms with Crippen LogP contribution in [0, 0.1) is 6.92 Å². The van der Waals surface area contributed by atoms with E-state index in [-0.39, 0.29) is 5.91 Å². The van der Waals surface area contributed by atoms with E-state index in [0.717, 1.165) is 16.9 Å². The fourth-order valence-corrected chi connectivity index (χ4v) is 3.11. The Balaban J connectivity index is 1.57. The van der Waals surface area contributed by atoms with Crippen molar-refractivity contribution in [1.82, 2.24) is 5.32 Å². The predicted octanol–water partition coefficient (Wildman–Crippen LogP) is 4.17. The van der Waals surface area contributed by atoms with Gasteiger partial charge < -0.3 is 19.2 Å². The maximum Gasteiger partial charge on any atom is 0.261 e. The number of carbonyl (C=O) groups is 1. The van der Waals surface area contributed by atoms with Crippen molar-refractivity contribution in [3.8, 4) is 11.5 Å². The van der Waals surface area contributed by atoms with Crippen LogP contribution in [0.1, 0.15) is 26.6 Å². The molecule has 0 fully saturated rings. The van der Waals surface area contributed by atoms with Gasteiger partial charge in [-0.2, -0.15) is 0 Å². The Morgan fingerprint density at radius 2 is 2.12 bits per heavy atom. The molecule has 0 bridgehead atoms. The molecule has 0 aliphatic rings. The summed E-state index contributed by atoms with van der Waals surface area (Å²) in [5, 5.41) is 4.75. The molecule has 1 amide bonds. The molecule has 0 radical (unpaired) electrons. The second-order valence-corrected chi connectivity index (χ2v) is 6.44. The zero-order valence-electron chi connectivity index (χ0n) is 14.1. The Morgan fingerprint density at radius 1 is 1.24 bits per heavy atom. The minimum absolute atomic E-state index is 0.124. The molecule has 3 aromatic rings. The van der Waals surface area contributed by atoms with Gasteiger partial charge in [0.25, 0.3) is 5.91 Å². The lowest BCUT2D eigenvalue weighted by molar-refractivity contribution is 0.0952. The zero-order valence-corrected chi connectivity index (χ0v) is 14.9. The molecule has 0 aliphatic heterocycles. The molecular formula is C19H19NO4S. The van der Waals surface area contributed by atoms with Gasteiger partial charge in [-0.15, -0.1) is 11.3 Å². The summed E-state index contributed by atoms with van der Waals surface area (Å²) in [6, 6.07) is 11.2. The van der Waals surface area contributed by atoms with Gasteiger partial charge in [-0.1, -0.05) is 6.07 Å². The van der Waals surface area contributed by atoms with E-state index in [1.54, 1.807) is 19.4 Å².